The molecule has 0 saturated carbocycles. The van der Waals surface area contributed by atoms with Crippen molar-refractivity contribution in [3.05, 3.63) is 22.7 Å². The van der Waals surface area contributed by atoms with Crippen molar-refractivity contribution >= 4 is 33.7 Å². The SMILES string of the molecule is CC(C)(SCc1nnc(-c2ccc(Br)o2)o1)[C@@H](N)C(=O)O. The molecule has 1 atom stereocenters. The minimum Gasteiger partial charge on any atom is -0.480 e. The smallest absolute Gasteiger partial charge is 0.321 e. The largest absolute Gasteiger partial charge is 0.480 e. The van der Waals surface area contributed by atoms with Crippen LogP contribution in [0.25, 0.3) is 11.7 Å². The molecule has 0 unspecified atom stereocenters. The van der Waals surface area contributed by atoms with Crippen LogP contribution in [0.1, 0.15) is 19.7 Å². The fourth-order valence-corrected chi connectivity index (χ4v) is 2.67. The standard InChI is InChI=1S/C12H14BrN3O4S/c1-12(2,9(14)11(17)18)21-5-8-15-16-10(20-8)6-3-4-7(13)19-6/h3-4,9H,5,14H2,1-2H3,(H,17,18)/t9-/m0/s1. The molecular weight excluding hydrogens is 362 g/mol. The van der Waals surface area contributed by atoms with Gasteiger partial charge in [0, 0.05) is 4.75 Å². The highest BCUT2D eigenvalue weighted by molar-refractivity contribution is 9.10. The van der Waals surface area contributed by atoms with E-state index in [1.807, 2.05) is 0 Å². The summed E-state index contributed by atoms with van der Waals surface area (Å²) in [7, 11) is 0. The van der Waals surface area contributed by atoms with E-state index in [0.29, 0.717) is 22.1 Å². The van der Waals surface area contributed by atoms with Crippen LogP contribution >= 0.6 is 27.7 Å². The average Bonchev–Trinajstić information content (AvgIpc) is 3.04. The van der Waals surface area contributed by atoms with Gasteiger partial charge in [-0.2, -0.15) is 0 Å². The van der Waals surface area contributed by atoms with Gasteiger partial charge in [-0.05, 0) is 41.9 Å². The fourth-order valence-electron chi connectivity index (χ4n) is 1.48. The molecule has 0 bridgehead atoms. The molecule has 2 rings (SSSR count). The number of carbonyl (C=O) groups is 1. The molecule has 0 aliphatic heterocycles. The first-order chi connectivity index (χ1) is 9.79. The first kappa shape index (κ1) is 16.1. The molecule has 2 aromatic heterocycles. The second-order valence-corrected chi connectivity index (χ2v) is 7.22. The first-order valence-corrected chi connectivity index (χ1v) is 7.78. The number of halogens is 1. The summed E-state index contributed by atoms with van der Waals surface area (Å²) in [5.41, 5.74) is 5.65. The van der Waals surface area contributed by atoms with Gasteiger partial charge in [0.05, 0.1) is 5.75 Å². The molecule has 0 aliphatic rings. The maximum absolute atomic E-state index is 10.9. The third-order valence-electron chi connectivity index (χ3n) is 2.83. The van der Waals surface area contributed by atoms with Gasteiger partial charge in [0.1, 0.15) is 6.04 Å². The van der Waals surface area contributed by atoms with Gasteiger partial charge in [-0.3, -0.25) is 4.79 Å². The second-order valence-electron chi connectivity index (χ2n) is 4.81. The molecule has 0 amide bonds. The van der Waals surface area contributed by atoms with Gasteiger partial charge in [-0.1, -0.05) is 0 Å². The van der Waals surface area contributed by atoms with Crippen LogP contribution in [0.15, 0.2) is 25.6 Å². The van der Waals surface area contributed by atoms with Crippen LogP contribution in [-0.4, -0.2) is 32.1 Å². The summed E-state index contributed by atoms with van der Waals surface area (Å²) < 4.78 is 10.7. The summed E-state index contributed by atoms with van der Waals surface area (Å²) in [4.78, 5) is 10.9. The molecule has 0 saturated heterocycles. The zero-order valence-electron chi connectivity index (χ0n) is 11.4. The van der Waals surface area contributed by atoms with E-state index in [1.165, 1.54) is 11.8 Å². The van der Waals surface area contributed by atoms with Crippen LogP contribution < -0.4 is 5.73 Å². The zero-order chi connectivity index (χ0) is 15.6. The predicted molar refractivity (Wildman–Crippen MR) is 80.7 cm³/mol. The van der Waals surface area contributed by atoms with Crippen LogP contribution in [-0.2, 0) is 10.5 Å². The van der Waals surface area contributed by atoms with Crippen molar-refractivity contribution < 1.29 is 18.7 Å². The minimum absolute atomic E-state index is 0.275. The van der Waals surface area contributed by atoms with Crippen molar-refractivity contribution in [3.63, 3.8) is 0 Å². The molecule has 0 aromatic carbocycles. The number of hydrogen-bond donors (Lipinski definition) is 2. The van der Waals surface area contributed by atoms with Crippen molar-refractivity contribution in [2.24, 2.45) is 5.73 Å². The molecule has 0 spiro atoms. The Morgan fingerprint density at radius 1 is 1.48 bits per heavy atom. The highest BCUT2D eigenvalue weighted by Gasteiger charge is 2.33. The van der Waals surface area contributed by atoms with E-state index in [1.54, 1.807) is 26.0 Å². The third-order valence-corrected chi connectivity index (χ3v) is 4.65. The number of furan rings is 1. The Bertz CT molecular complexity index is 640. The Balaban J connectivity index is 2.02. The molecule has 21 heavy (non-hydrogen) atoms. The van der Waals surface area contributed by atoms with Gasteiger partial charge < -0.3 is 19.7 Å². The molecule has 2 aromatic rings. The van der Waals surface area contributed by atoms with Crippen molar-refractivity contribution in [2.45, 2.75) is 30.4 Å². The van der Waals surface area contributed by atoms with Crippen LogP contribution in [0.5, 0.6) is 0 Å². The topological polar surface area (TPSA) is 115 Å². The fraction of sp³-hybridized carbons (Fsp3) is 0.417. The molecule has 0 radical (unpaired) electrons. The molecule has 0 fully saturated rings. The van der Waals surface area contributed by atoms with Crippen LogP contribution in [0.3, 0.4) is 0 Å². The summed E-state index contributed by atoms with van der Waals surface area (Å²) >= 11 is 4.53. The maximum Gasteiger partial charge on any atom is 0.321 e. The molecule has 114 valence electrons. The maximum atomic E-state index is 10.9. The van der Waals surface area contributed by atoms with Gasteiger partial charge in [-0.15, -0.1) is 22.0 Å². The van der Waals surface area contributed by atoms with Gasteiger partial charge in [-0.25, -0.2) is 0 Å². The lowest BCUT2D eigenvalue weighted by atomic mass is 10.1. The Morgan fingerprint density at radius 3 is 2.76 bits per heavy atom. The lowest BCUT2D eigenvalue weighted by molar-refractivity contribution is -0.139. The average molecular weight is 376 g/mol. The van der Waals surface area contributed by atoms with Gasteiger partial charge in [0.15, 0.2) is 10.4 Å². The van der Waals surface area contributed by atoms with Gasteiger partial charge in [0.2, 0.25) is 5.89 Å². The lowest BCUT2D eigenvalue weighted by Gasteiger charge is -2.27. The summed E-state index contributed by atoms with van der Waals surface area (Å²) in [6, 6.07) is 2.45. The number of aromatic nitrogens is 2. The molecule has 0 aliphatic carbocycles. The highest BCUT2D eigenvalue weighted by atomic mass is 79.9. The molecule has 7 nitrogen and oxygen atoms in total. The van der Waals surface area contributed by atoms with E-state index in [4.69, 9.17) is 19.7 Å². The minimum atomic E-state index is -1.04. The number of aliphatic carboxylic acids is 1. The van der Waals surface area contributed by atoms with Crippen molar-refractivity contribution in [1.29, 1.82) is 0 Å². The van der Waals surface area contributed by atoms with E-state index in [-0.39, 0.29) is 5.89 Å². The number of carboxylic acids is 1. The number of hydrogen-bond acceptors (Lipinski definition) is 7. The Hall–Kier alpha value is -1.32. The van der Waals surface area contributed by atoms with E-state index in [0.717, 1.165) is 0 Å². The molecular formula is C12H14BrN3O4S. The monoisotopic (exact) mass is 375 g/mol. The van der Waals surface area contributed by atoms with E-state index in [2.05, 4.69) is 26.1 Å². The zero-order valence-corrected chi connectivity index (χ0v) is 13.8. The summed E-state index contributed by atoms with van der Waals surface area (Å²) in [6.45, 7) is 3.52. The summed E-state index contributed by atoms with van der Waals surface area (Å²) in [5.74, 6) is 0.444. The van der Waals surface area contributed by atoms with E-state index in [9.17, 15) is 4.79 Å². The van der Waals surface area contributed by atoms with Gasteiger partial charge in [0.25, 0.3) is 5.89 Å². The van der Waals surface area contributed by atoms with Gasteiger partial charge >= 0.3 is 5.97 Å². The third kappa shape index (κ3) is 3.86. The lowest BCUT2D eigenvalue weighted by Crippen LogP contribution is -2.46. The number of nitrogens with two attached hydrogens (primary N) is 1. The van der Waals surface area contributed by atoms with E-state index >= 15 is 0 Å². The number of thioether (sulfide) groups is 1. The van der Waals surface area contributed by atoms with Crippen LogP contribution in [0.4, 0.5) is 0 Å². The Labute approximate surface area is 133 Å². The summed E-state index contributed by atoms with van der Waals surface area (Å²) in [6.07, 6.45) is 0. The Morgan fingerprint density at radius 2 is 2.19 bits per heavy atom. The van der Waals surface area contributed by atoms with Crippen molar-refractivity contribution in [1.82, 2.24) is 10.2 Å². The molecule has 9 heteroatoms. The molecule has 2 heterocycles. The quantitative estimate of drug-likeness (QED) is 0.790. The first-order valence-electron chi connectivity index (χ1n) is 6.00. The van der Waals surface area contributed by atoms with Crippen molar-refractivity contribution in [3.8, 4) is 11.7 Å². The van der Waals surface area contributed by atoms with Crippen LogP contribution in [0, 0.1) is 0 Å². The van der Waals surface area contributed by atoms with E-state index < -0.39 is 16.8 Å². The number of nitrogens with zero attached hydrogens (tertiary/aromatic N) is 2. The molecule has 3 N–H and O–H groups in total. The summed E-state index contributed by atoms with van der Waals surface area (Å²) in [5, 5.41) is 16.8. The number of carboxylic acid groups (broad SMARTS) is 1. The highest BCUT2D eigenvalue weighted by Crippen LogP contribution is 2.31. The van der Waals surface area contributed by atoms with Crippen molar-refractivity contribution in [2.75, 3.05) is 0 Å². The number of rotatable bonds is 6. The van der Waals surface area contributed by atoms with Crippen LogP contribution in [0.2, 0.25) is 0 Å². The second kappa shape index (κ2) is 6.20. The Kier molecular flexibility index (Phi) is 4.74. The predicted octanol–water partition coefficient (Wildman–Crippen LogP) is 2.52. The normalized spacial score (nSPS) is 13.3.